The number of fused-ring (bicyclic) bond motifs is 1. The second kappa shape index (κ2) is 7.15. The van der Waals surface area contributed by atoms with Crippen molar-refractivity contribution in [3.8, 4) is 0 Å². The summed E-state index contributed by atoms with van der Waals surface area (Å²) in [6, 6.07) is 24.6. The molecule has 0 bridgehead atoms. The van der Waals surface area contributed by atoms with E-state index >= 15 is 0 Å². The summed E-state index contributed by atoms with van der Waals surface area (Å²) in [5.74, 6) is -0.143. The van der Waals surface area contributed by atoms with Crippen molar-refractivity contribution in [3.05, 3.63) is 108 Å². The number of rotatable bonds is 4. The standard InChI is InChI=1S/C22H17N3O/c26-22(18-11-12-19-17(15-18)9-6-14-23-19)25-21(16-7-2-1-3-8-16)20-10-4-5-13-24-20/h1-15,21H,(H,25,26). The van der Waals surface area contributed by atoms with Crippen LogP contribution in [0, 0.1) is 0 Å². The van der Waals surface area contributed by atoms with Crippen molar-refractivity contribution in [2.45, 2.75) is 6.04 Å². The van der Waals surface area contributed by atoms with Gasteiger partial charge >= 0.3 is 0 Å². The molecule has 1 atom stereocenters. The van der Waals surface area contributed by atoms with E-state index in [1.807, 2.05) is 72.8 Å². The molecule has 2 heterocycles. The zero-order chi connectivity index (χ0) is 17.8. The number of hydrogen-bond donors (Lipinski definition) is 1. The zero-order valence-electron chi connectivity index (χ0n) is 14.0. The topological polar surface area (TPSA) is 54.9 Å². The van der Waals surface area contributed by atoms with Crippen LogP contribution in [0.4, 0.5) is 0 Å². The third-order valence-corrected chi connectivity index (χ3v) is 4.26. The van der Waals surface area contributed by atoms with Gasteiger partial charge in [-0.1, -0.05) is 42.5 Å². The Bertz CT molecular complexity index is 993. The average Bonchev–Trinajstić information content (AvgIpc) is 2.72. The van der Waals surface area contributed by atoms with E-state index in [1.165, 1.54) is 0 Å². The van der Waals surface area contributed by atoms with Gasteiger partial charge in [0.25, 0.3) is 5.91 Å². The van der Waals surface area contributed by atoms with Crippen LogP contribution in [-0.4, -0.2) is 15.9 Å². The Balaban J connectivity index is 1.67. The second-order valence-electron chi connectivity index (χ2n) is 5.98. The van der Waals surface area contributed by atoms with Gasteiger partial charge in [-0.15, -0.1) is 0 Å². The summed E-state index contributed by atoms with van der Waals surface area (Å²) in [5, 5.41) is 4.05. The van der Waals surface area contributed by atoms with Gasteiger partial charge < -0.3 is 5.32 Å². The molecule has 0 saturated carbocycles. The Morgan fingerprint density at radius 2 is 1.62 bits per heavy atom. The molecule has 4 rings (SSSR count). The smallest absolute Gasteiger partial charge is 0.252 e. The molecule has 1 N–H and O–H groups in total. The first-order valence-electron chi connectivity index (χ1n) is 8.43. The van der Waals surface area contributed by atoms with Crippen LogP contribution in [0.1, 0.15) is 27.7 Å². The minimum atomic E-state index is -0.311. The van der Waals surface area contributed by atoms with Crippen LogP contribution in [0.15, 0.2) is 91.3 Å². The summed E-state index contributed by atoms with van der Waals surface area (Å²) in [4.78, 5) is 21.6. The fourth-order valence-corrected chi connectivity index (χ4v) is 2.95. The van der Waals surface area contributed by atoms with Crippen molar-refractivity contribution < 1.29 is 4.79 Å². The van der Waals surface area contributed by atoms with Gasteiger partial charge in [-0.2, -0.15) is 0 Å². The average molecular weight is 339 g/mol. The number of carbonyl (C=O) groups is 1. The van der Waals surface area contributed by atoms with E-state index in [4.69, 9.17) is 0 Å². The van der Waals surface area contributed by atoms with E-state index in [2.05, 4.69) is 15.3 Å². The van der Waals surface area contributed by atoms with Crippen molar-refractivity contribution in [3.63, 3.8) is 0 Å². The first-order chi connectivity index (χ1) is 12.8. The highest BCUT2D eigenvalue weighted by Gasteiger charge is 2.18. The number of aromatic nitrogens is 2. The Morgan fingerprint density at radius 3 is 2.42 bits per heavy atom. The lowest BCUT2D eigenvalue weighted by atomic mass is 10.0. The summed E-state index contributed by atoms with van der Waals surface area (Å²) in [6.45, 7) is 0. The molecule has 0 aliphatic rings. The van der Waals surface area contributed by atoms with Crippen molar-refractivity contribution in [2.24, 2.45) is 0 Å². The molecule has 26 heavy (non-hydrogen) atoms. The molecular formula is C22H17N3O. The minimum Gasteiger partial charge on any atom is -0.340 e. The van der Waals surface area contributed by atoms with Crippen LogP contribution < -0.4 is 5.32 Å². The van der Waals surface area contributed by atoms with Crippen LogP contribution in [0.5, 0.6) is 0 Å². The third-order valence-electron chi connectivity index (χ3n) is 4.26. The Kier molecular flexibility index (Phi) is 4.39. The number of carbonyl (C=O) groups excluding carboxylic acids is 1. The van der Waals surface area contributed by atoms with Crippen LogP contribution in [0.25, 0.3) is 10.9 Å². The quantitative estimate of drug-likeness (QED) is 0.608. The number of pyridine rings is 2. The van der Waals surface area contributed by atoms with Crippen LogP contribution in [-0.2, 0) is 0 Å². The maximum Gasteiger partial charge on any atom is 0.252 e. The van der Waals surface area contributed by atoms with Gasteiger partial charge in [-0.3, -0.25) is 14.8 Å². The number of amides is 1. The highest BCUT2D eigenvalue weighted by Crippen LogP contribution is 2.21. The summed E-state index contributed by atoms with van der Waals surface area (Å²) in [6.07, 6.45) is 3.48. The first kappa shape index (κ1) is 16.0. The first-order valence-corrected chi connectivity index (χ1v) is 8.43. The minimum absolute atomic E-state index is 0.143. The van der Waals surface area contributed by atoms with Gasteiger partial charge in [-0.25, -0.2) is 0 Å². The number of hydrogen-bond acceptors (Lipinski definition) is 3. The van der Waals surface area contributed by atoms with E-state index in [0.717, 1.165) is 22.2 Å². The number of nitrogens with zero attached hydrogens (tertiary/aromatic N) is 2. The fourth-order valence-electron chi connectivity index (χ4n) is 2.95. The molecule has 2 aromatic carbocycles. The molecule has 4 aromatic rings. The Hall–Kier alpha value is -3.53. The molecule has 0 spiro atoms. The van der Waals surface area contributed by atoms with Gasteiger partial charge in [-0.05, 0) is 42.0 Å². The molecule has 0 saturated heterocycles. The SMILES string of the molecule is O=C(NC(c1ccccc1)c1ccccn1)c1ccc2ncccc2c1. The highest BCUT2D eigenvalue weighted by atomic mass is 16.1. The van der Waals surface area contributed by atoms with Crippen LogP contribution in [0.2, 0.25) is 0 Å². The highest BCUT2D eigenvalue weighted by molar-refractivity contribution is 5.98. The third kappa shape index (κ3) is 3.30. The van der Waals surface area contributed by atoms with E-state index in [0.29, 0.717) is 5.56 Å². The molecule has 2 aromatic heterocycles. The normalized spacial score (nSPS) is 11.8. The zero-order valence-corrected chi connectivity index (χ0v) is 14.0. The molecule has 4 nitrogen and oxygen atoms in total. The van der Waals surface area contributed by atoms with E-state index in [-0.39, 0.29) is 11.9 Å². The summed E-state index contributed by atoms with van der Waals surface area (Å²) >= 11 is 0. The second-order valence-corrected chi connectivity index (χ2v) is 5.98. The molecular weight excluding hydrogens is 322 g/mol. The van der Waals surface area contributed by atoms with Gasteiger partial charge in [0.1, 0.15) is 0 Å². The van der Waals surface area contributed by atoms with Gasteiger partial charge in [0.2, 0.25) is 0 Å². The van der Waals surface area contributed by atoms with Crippen LogP contribution in [0.3, 0.4) is 0 Å². The van der Waals surface area contributed by atoms with E-state index < -0.39 is 0 Å². The molecule has 0 aliphatic carbocycles. The molecule has 126 valence electrons. The van der Waals surface area contributed by atoms with Crippen molar-refractivity contribution in [1.82, 2.24) is 15.3 Å². The molecule has 0 radical (unpaired) electrons. The van der Waals surface area contributed by atoms with Gasteiger partial charge in [0, 0.05) is 23.3 Å². The van der Waals surface area contributed by atoms with Gasteiger partial charge in [0.05, 0.1) is 17.3 Å². The van der Waals surface area contributed by atoms with E-state index in [1.54, 1.807) is 18.5 Å². The Morgan fingerprint density at radius 1 is 0.808 bits per heavy atom. The molecule has 0 aliphatic heterocycles. The summed E-state index contributed by atoms with van der Waals surface area (Å²) in [5.41, 5.74) is 3.26. The fraction of sp³-hybridized carbons (Fsp3) is 0.0455. The summed E-state index contributed by atoms with van der Waals surface area (Å²) < 4.78 is 0. The summed E-state index contributed by atoms with van der Waals surface area (Å²) in [7, 11) is 0. The van der Waals surface area contributed by atoms with Crippen LogP contribution >= 0.6 is 0 Å². The Labute approximate surface area is 151 Å². The molecule has 1 unspecified atom stereocenters. The predicted octanol–water partition coefficient (Wildman–Crippen LogP) is 4.15. The predicted molar refractivity (Wildman–Crippen MR) is 102 cm³/mol. The van der Waals surface area contributed by atoms with Crippen molar-refractivity contribution >= 4 is 16.8 Å². The lowest BCUT2D eigenvalue weighted by molar-refractivity contribution is 0.0942. The van der Waals surface area contributed by atoms with Crippen molar-refractivity contribution in [1.29, 1.82) is 0 Å². The molecule has 0 fully saturated rings. The number of nitrogens with one attached hydrogen (secondary N) is 1. The van der Waals surface area contributed by atoms with Gasteiger partial charge in [0.15, 0.2) is 0 Å². The van der Waals surface area contributed by atoms with E-state index in [9.17, 15) is 4.79 Å². The lowest BCUT2D eigenvalue weighted by Gasteiger charge is -2.19. The largest absolute Gasteiger partial charge is 0.340 e. The lowest BCUT2D eigenvalue weighted by Crippen LogP contribution is -2.29. The number of benzene rings is 2. The maximum absolute atomic E-state index is 12.9. The monoisotopic (exact) mass is 339 g/mol. The molecule has 1 amide bonds. The molecule has 4 heteroatoms. The maximum atomic E-state index is 12.9. The van der Waals surface area contributed by atoms with Crippen molar-refractivity contribution in [2.75, 3.05) is 0 Å².